The van der Waals surface area contributed by atoms with Crippen molar-refractivity contribution < 1.29 is 27.7 Å². The third kappa shape index (κ3) is 3.62. The van der Waals surface area contributed by atoms with Crippen molar-refractivity contribution in [2.24, 2.45) is 0 Å². The van der Waals surface area contributed by atoms with Crippen molar-refractivity contribution >= 4 is 34.0 Å². The van der Waals surface area contributed by atoms with E-state index in [4.69, 9.17) is 30.5 Å². The number of methoxy groups -OCH3 is 1. The van der Waals surface area contributed by atoms with Crippen molar-refractivity contribution in [2.75, 3.05) is 25.6 Å². The number of ether oxygens (including phenoxy) is 4. The highest BCUT2D eigenvalue weighted by Gasteiger charge is 2.49. The van der Waals surface area contributed by atoms with Crippen LogP contribution in [-0.4, -0.2) is 54.8 Å². The number of hydrogen-bond acceptors (Lipinski definition) is 7. The van der Waals surface area contributed by atoms with Crippen LogP contribution in [0.5, 0.6) is 11.5 Å². The highest BCUT2D eigenvalue weighted by Crippen LogP contribution is 2.38. The summed E-state index contributed by atoms with van der Waals surface area (Å²) in [4.78, 5) is 8.51. The highest BCUT2D eigenvalue weighted by atomic mass is 35.5. The minimum atomic E-state index is -1.16. The average Bonchev–Trinajstić information content (AvgIpc) is 3.34. The van der Waals surface area contributed by atoms with Gasteiger partial charge in [0.05, 0.1) is 36.6 Å². The van der Waals surface area contributed by atoms with Gasteiger partial charge in [-0.1, -0.05) is 17.7 Å². The standard InChI is InChI=1S/C21H18ClF2N3O4/c1-28-15-5-10-14(6-16(15)31-17-8-30-19-12(23)7-29-20(17)19)25-9-26-21(10)27-13-4-2-3-11(22)18(13)24/h2-6,9,12,17,19-20H,7-8H2,1H3,(H,25,26,27)/t12?,17?,19-,20-/m0/s1. The van der Waals surface area contributed by atoms with Gasteiger partial charge in [-0.2, -0.15) is 0 Å². The monoisotopic (exact) mass is 449 g/mol. The summed E-state index contributed by atoms with van der Waals surface area (Å²) in [6, 6.07) is 8.03. The topological polar surface area (TPSA) is 74.7 Å². The van der Waals surface area contributed by atoms with Crippen molar-refractivity contribution in [1.29, 1.82) is 0 Å². The van der Waals surface area contributed by atoms with Crippen molar-refractivity contribution in [3.05, 3.63) is 47.5 Å². The minimum absolute atomic E-state index is 0.00151. The molecular weight excluding hydrogens is 432 g/mol. The molecule has 0 aliphatic carbocycles. The molecule has 5 rings (SSSR count). The van der Waals surface area contributed by atoms with E-state index in [1.54, 1.807) is 24.3 Å². The number of anilines is 2. The number of benzene rings is 2. The number of halogens is 3. The number of fused-ring (bicyclic) bond motifs is 2. The van der Waals surface area contributed by atoms with Crippen LogP contribution >= 0.6 is 11.6 Å². The van der Waals surface area contributed by atoms with Gasteiger partial charge in [-0.15, -0.1) is 0 Å². The Morgan fingerprint density at radius 2 is 1.97 bits per heavy atom. The average molecular weight is 450 g/mol. The molecular formula is C21H18ClF2N3O4. The van der Waals surface area contributed by atoms with E-state index in [0.29, 0.717) is 28.2 Å². The van der Waals surface area contributed by atoms with Crippen molar-refractivity contribution in [3.63, 3.8) is 0 Å². The summed E-state index contributed by atoms with van der Waals surface area (Å²) in [6.07, 6.45) is -1.39. The number of aromatic nitrogens is 2. The molecule has 162 valence electrons. The second-order valence-electron chi connectivity index (χ2n) is 7.24. The summed E-state index contributed by atoms with van der Waals surface area (Å²) in [5.41, 5.74) is 0.724. The van der Waals surface area contributed by atoms with Gasteiger partial charge in [0.1, 0.15) is 24.4 Å². The molecule has 2 unspecified atom stereocenters. The van der Waals surface area contributed by atoms with Crippen molar-refractivity contribution in [3.8, 4) is 11.5 Å². The van der Waals surface area contributed by atoms with Crippen LogP contribution in [0, 0.1) is 5.82 Å². The lowest BCUT2D eigenvalue weighted by molar-refractivity contribution is 0.0271. The van der Waals surface area contributed by atoms with Gasteiger partial charge in [-0.25, -0.2) is 18.7 Å². The molecule has 0 saturated carbocycles. The van der Waals surface area contributed by atoms with Crippen molar-refractivity contribution in [1.82, 2.24) is 9.97 Å². The van der Waals surface area contributed by atoms with Gasteiger partial charge in [0, 0.05) is 11.5 Å². The van der Waals surface area contributed by atoms with Gasteiger partial charge < -0.3 is 24.3 Å². The molecule has 31 heavy (non-hydrogen) atoms. The van der Waals surface area contributed by atoms with Crippen LogP contribution in [0.2, 0.25) is 5.02 Å². The zero-order chi connectivity index (χ0) is 21.5. The molecule has 4 atom stereocenters. The van der Waals surface area contributed by atoms with E-state index in [0.717, 1.165) is 0 Å². The van der Waals surface area contributed by atoms with Gasteiger partial charge >= 0.3 is 0 Å². The summed E-state index contributed by atoms with van der Waals surface area (Å²) in [5, 5.41) is 3.54. The molecule has 3 aromatic rings. The van der Waals surface area contributed by atoms with Gasteiger partial charge in [0.25, 0.3) is 0 Å². The molecule has 3 heterocycles. The fraction of sp³-hybridized carbons (Fsp3) is 0.333. The highest BCUT2D eigenvalue weighted by molar-refractivity contribution is 6.31. The number of nitrogens with zero attached hydrogens (tertiary/aromatic N) is 2. The van der Waals surface area contributed by atoms with Gasteiger partial charge in [-0.3, -0.25) is 0 Å². The Morgan fingerprint density at radius 3 is 2.81 bits per heavy atom. The molecule has 1 aromatic heterocycles. The van der Waals surface area contributed by atoms with Crippen LogP contribution < -0.4 is 14.8 Å². The Kier molecular flexibility index (Phi) is 5.25. The maximum atomic E-state index is 14.3. The first-order valence-electron chi connectivity index (χ1n) is 9.63. The predicted octanol–water partition coefficient (Wildman–Crippen LogP) is 4.06. The van der Waals surface area contributed by atoms with Gasteiger partial charge in [0.2, 0.25) is 0 Å². The third-order valence-corrected chi connectivity index (χ3v) is 5.64. The Hall–Kier alpha value is -2.75. The molecule has 2 saturated heterocycles. The van der Waals surface area contributed by atoms with E-state index in [1.165, 1.54) is 19.5 Å². The summed E-state index contributed by atoms with van der Waals surface area (Å²) >= 11 is 5.87. The molecule has 0 amide bonds. The van der Waals surface area contributed by atoms with Crippen LogP contribution in [0.3, 0.4) is 0 Å². The third-order valence-electron chi connectivity index (χ3n) is 5.35. The number of alkyl halides is 1. The zero-order valence-electron chi connectivity index (χ0n) is 16.3. The van der Waals surface area contributed by atoms with Crippen LogP contribution in [0.25, 0.3) is 10.9 Å². The van der Waals surface area contributed by atoms with Gasteiger partial charge in [0.15, 0.2) is 29.6 Å². The van der Waals surface area contributed by atoms with Crippen LogP contribution in [0.1, 0.15) is 0 Å². The molecule has 0 bridgehead atoms. The second kappa shape index (κ2) is 8.07. The van der Waals surface area contributed by atoms with E-state index in [1.807, 2.05) is 0 Å². The van der Waals surface area contributed by atoms with E-state index in [2.05, 4.69) is 15.3 Å². The Balaban J connectivity index is 1.47. The van der Waals surface area contributed by atoms with Gasteiger partial charge in [-0.05, 0) is 18.2 Å². The molecule has 2 aromatic carbocycles. The van der Waals surface area contributed by atoms with E-state index in [9.17, 15) is 8.78 Å². The number of rotatable bonds is 5. The summed E-state index contributed by atoms with van der Waals surface area (Å²) < 4.78 is 50.7. The predicted molar refractivity (Wildman–Crippen MR) is 110 cm³/mol. The summed E-state index contributed by atoms with van der Waals surface area (Å²) in [6.45, 7) is 0.202. The van der Waals surface area contributed by atoms with Crippen LogP contribution in [0.15, 0.2) is 36.7 Å². The molecule has 1 N–H and O–H groups in total. The van der Waals surface area contributed by atoms with E-state index < -0.39 is 30.3 Å². The summed E-state index contributed by atoms with van der Waals surface area (Å²) in [7, 11) is 1.50. The maximum Gasteiger partial charge on any atom is 0.165 e. The molecule has 2 fully saturated rings. The lowest BCUT2D eigenvalue weighted by atomic mass is 10.1. The summed E-state index contributed by atoms with van der Waals surface area (Å²) in [5.74, 6) is 0.616. The fourth-order valence-electron chi connectivity index (χ4n) is 3.82. The lowest BCUT2D eigenvalue weighted by Gasteiger charge is -2.20. The minimum Gasteiger partial charge on any atom is -0.493 e. The molecule has 2 aliphatic heterocycles. The SMILES string of the molecule is COc1cc2c(Nc3cccc(Cl)c3F)ncnc2cc1OC1CO[C@H]2C(F)CO[C@@H]12. The Bertz CT molecular complexity index is 1140. The smallest absolute Gasteiger partial charge is 0.165 e. The molecule has 7 nitrogen and oxygen atoms in total. The number of hydrogen-bond donors (Lipinski definition) is 1. The number of nitrogens with one attached hydrogen (secondary N) is 1. The largest absolute Gasteiger partial charge is 0.493 e. The molecule has 10 heteroatoms. The van der Waals surface area contributed by atoms with Crippen molar-refractivity contribution in [2.45, 2.75) is 24.5 Å². The van der Waals surface area contributed by atoms with E-state index >= 15 is 0 Å². The first-order chi connectivity index (χ1) is 15.0. The molecule has 0 spiro atoms. The first-order valence-corrected chi connectivity index (χ1v) is 10.0. The maximum absolute atomic E-state index is 14.3. The van der Waals surface area contributed by atoms with Crippen LogP contribution in [0.4, 0.5) is 20.3 Å². The Morgan fingerprint density at radius 1 is 1.13 bits per heavy atom. The normalized spacial score (nSPS) is 24.9. The fourth-order valence-corrected chi connectivity index (χ4v) is 4.00. The second-order valence-corrected chi connectivity index (χ2v) is 7.64. The zero-order valence-corrected chi connectivity index (χ0v) is 17.1. The Labute approximate surface area is 181 Å². The lowest BCUT2D eigenvalue weighted by Crippen LogP contribution is -2.33. The first kappa shape index (κ1) is 20.2. The molecule has 2 aliphatic rings. The van der Waals surface area contributed by atoms with E-state index in [-0.39, 0.29) is 23.9 Å². The molecule has 0 radical (unpaired) electrons. The quantitative estimate of drug-likeness (QED) is 0.629. The van der Waals surface area contributed by atoms with Crippen LogP contribution in [-0.2, 0) is 9.47 Å².